The fourth-order valence-corrected chi connectivity index (χ4v) is 2.55. The van der Waals surface area contributed by atoms with Crippen LogP contribution in [0.5, 0.6) is 0 Å². The molecule has 0 saturated heterocycles. The molecule has 118 valence electrons. The largest absolute Gasteiger partial charge is 0.356 e. The van der Waals surface area contributed by atoms with Gasteiger partial charge in [0.05, 0.1) is 12.0 Å². The van der Waals surface area contributed by atoms with Gasteiger partial charge in [0.15, 0.2) is 5.58 Å². The smallest absolute Gasteiger partial charge is 0.226 e. The van der Waals surface area contributed by atoms with Crippen molar-refractivity contribution < 1.29 is 13.7 Å². The van der Waals surface area contributed by atoms with Crippen molar-refractivity contribution in [1.82, 2.24) is 10.5 Å². The van der Waals surface area contributed by atoms with Crippen LogP contribution >= 0.6 is 0 Å². The molecule has 0 spiro atoms. The number of nitrogens with zero attached hydrogens (tertiary/aromatic N) is 1. The summed E-state index contributed by atoms with van der Waals surface area (Å²) in [6.07, 6.45) is 0.127. The Bertz CT molecular complexity index is 838. The van der Waals surface area contributed by atoms with Gasteiger partial charge in [-0.05, 0) is 43.7 Å². The molecule has 0 bridgehead atoms. The molecule has 1 N–H and O–H groups in total. The summed E-state index contributed by atoms with van der Waals surface area (Å²) in [7, 11) is 0. The average Bonchev–Trinajstić information content (AvgIpc) is 2.90. The second-order valence-corrected chi connectivity index (χ2v) is 5.98. The third kappa shape index (κ3) is 3.23. The average molecular weight is 312 g/mol. The van der Waals surface area contributed by atoms with Crippen molar-refractivity contribution in [1.29, 1.82) is 0 Å². The van der Waals surface area contributed by atoms with E-state index in [1.807, 2.05) is 38.1 Å². The van der Waals surface area contributed by atoms with Crippen LogP contribution in [0, 0.1) is 5.82 Å². The van der Waals surface area contributed by atoms with E-state index in [4.69, 9.17) is 4.52 Å². The van der Waals surface area contributed by atoms with Crippen LogP contribution in [0.25, 0.3) is 11.0 Å². The van der Waals surface area contributed by atoms with Crippen LogP contribution in [0.15, 0.2) is 53.1 Å². The molecule has 0 aliphatic heterocycles. The van der Waals surface area contributed by atoms with Crippen LogP contribution < -0.4 is 5.32 Å². The first kappa shape index (κ1) is 15.2. The molecular weight excluding hydrogens is 295 g/mol. The molecule has 3 rings (SSSR count). The third-order valence-corrected chi connectivity index (χ3v) is 3.80. The number of nitrogens with one attached hydrogen (secondary N) is 1. The van der Waals surface area contributed by atoms with Crippen LogP contribution in [0.3, 0.4) is 0 Å². The number of fused-ring (bicyclic) bond motifs is 1. The quantitative estimate of drug-likeness (QED) is 0.801. The molecule has 0 aliphatic carbocycles. The molecule has 2 aromatic carbocycles. The summed E-state index contributed by atoms with van der Waals surface area (Å²) in [4.78, 5) is 12.3. The van der Waals surface area contributed by atoms with Gasteiger partial charge < -0.3 is 9.84 Å². The Morgan fingerprint density at radius 3 is 2.61 bits per heavy atom. The molecule has 3 aromatic rings. The first-order chi connectivity index (χ1) is 11.0. The van der Waals surface area contributed by atoms with Gasteiger partial charge in [-0.25, -0.2) is 4.39 Å². The number of carbonyl (C=O) groups is 1. The number of rotatable bonds is 4. The third-order valence-electron chi connectivity index (χ3n) is 3.80. The molecule has 0 atom stereocenters. The summed E-state index contributed by atoms with van der Waals surface area (Å²) < 4.78 is 18.2. The summed E-state index contributed by atoms with van der Waals surface area (Å²) >= 11 is 0. The van der Waals surface area contributed by atoms with Gasteiger partial charge in [-0.1, -0.05) is 29.4 Å². The van der Waals surface area contributed by atoms with Crippen molar-refractivity contribution in [2.75, 3.05) is 0 Å². The molecule has 4 nitrogen and oxygen atoms in total. The Kier molecular flexibility index (Phi) is 3.86. The fraction of sp³-hybridized carbons (Fsp3) is 0.222. The number of aromatic nitrogens is 1. The predicted octanol–water partition coefficient (Wildman–Crippen LogP) is 3.56. The van der Waals surface area contributed by atoms with Crippen LogP contribution in [-0.2, 0) is 16.8 Å². The lowest BCUT2D eigenvalue weighted by Crippen LogP contribution is -2.41. The Morgan fingerprint density at radius 2 is 1.87 bits per heavy atom. The molecule has 0 saturated carbocycles. The van der Waals surface area contributed by atoms with Crippen LogP contribution in [0.2, 0.25) is 0 Å². The van der Waals surface area contributed by atoms with Crippen LogP contribution in [0.4, 0.5) is 4.39 Å². The molecule has 1 heterocycles. The molecule has 5 heteroatoms. The van der Waals surface area contributed by atoms with Gasteiger partial charge in [0.25, 0.3) is 0 Å². The van der Waals surface area contributed by atoms with Crippen molar-refractivity contribution in [2.45, 2.75) is 25.8 Å². The van der Waals surface area contributed by atoms with E-state index < -0.39 is 5.54 Å². The van der Waals surface area contributed by atoms with E-state index in [1.165, 1.54) is 12.1 Å². The van der Waals surface area contributed by atoms with Crippen molar-refractivity contribution in [2.24, 2.45) is 0 Å². The lowest BCUT2D eigenvalue weighted by atomic mass is 9.94. The minimum atomic E-state index is -0.607. The van der Waals surface area contributed by atoms with Gasteiger partial charge in [0.2, 0.25) is 5.91 Å². The molecule has 0 aliphatic rings. The van der Waals surface area contributed by atoms with Crippen molar-refractivity contribution in [3.05, 3.63) is 65.6 Å². The fourth-order valence-electron chi connectivity index (χ4n) is 2.55. The maximum absolute atomic E-state index is 13.0. The Hall–Kier alpha value is -2.69. The number of halogens is 1. The SMILES string of the molecule is CC(C)(NC(=O)Cc1noc2ccccc12)c1ccc(F)cc1. The Labute approximate surface area is 133 Å². The van der Waals surface area contributed by atoms with Crippen molar-refractivity contribution >= 4 is 16.9 Å². The number of hydrogen-bond acceptors (Lipinski definition) is 3. The first-order valence-corrected chi connectivity index (χ1v) is 7.36. The van der Waals surface area contributed by atoms with Gasteiger partial charge in [0, 0.05) is 5.39 Å². The second kappa shape index (κ2) is 5.83. The first-order valence-electron chi connectivity index (χ1n) is 7.36. The molecule has 1 aromatic heterocycles. The maximum Gasteiger partial charge on any atom is 0.226 e. The number of amides is 1. The van der Waals surface area contributed by atoms with E-state index in [-0.39, 0.29) is 18.1 Å². The van der Waals surface area contributed by atoms with E-state index in [2.05, 4.69) is 10.5 Å². The monoisotopic (exact) mass is 312 g/mol. The highest BCUT2D eigenvalue weighted by Gasteiger charge is 2.24. The van der Waals surface area contributed by atoms with Crippen molar-refractivity contribution in [3.63, 3.8) is 0 Å². The zero-order chi connectivity index (χ0) is 16.4. The predicted molar refractivity (Wildman–Crippen MR) is 85.3 cm³/mol. The molecule has 1 amide bonds. The number of hydrogen-bond donors (Lipinski definition) is 1. The Balaban J connectivity index is 1.74. The van der Waals surface area contributed by atoms with Crippen molar-refractivity contribution in [3.8, 4) is 0 Å². The van der Waals surface area contributed by atoms with Gasteiger partial charge in [0.1, 0.15) is 11.5 Å². The zero-order valence-corrected chi connectivity index (χ0v) is 13.0. The Morgan fingerprint density at radius 1 is 1.17 bits per heavy atom. The summed E-state index contributed by atoms with van der Waals surface area (Å²) in [5, 5.41) is 7.75. The molecule has 0 fully saturated rings. The normalized spacial score (nSPS) is 11.6. The van der Waals surface area contributed by atoms with E-state index >= 15 is 0 Å². The number of benzene rings is 2. The number of carbonyl (C=O) groups excluding carboxylic acids is 1. The topological polar surface area (TPSA) is 55.1 Å². The minimum Gasteiger partial charge on any atom is -0.356 e. The maximum atomic E-state index is 13.0. The molecule has 0 unspecified atom stereocenters. The second-order valence-electron chi connectivity index (χ2n) is 5.98. The minimum absolute atomic E-state index is 0.127. The molecule has 0 radical (unpaired) electrons. The van der Waals surface area contributed by atoms with Crippen LogP contribution in [0.1, 0.15) is 25.1 Å². The highest BCUT2D eigenvalue weighted by molar-refractivity contribution is 5.86. The number of para-hydroxylation sites is 1. The lowest BCUT2D eigenvalue weighted by molar-refractivity contribution is -0.122. The molecular formula is C18H17FN2O2. The summed E-state index contributed by atoms with van der Waals surface area (Å²) in [6.45, 7) is 3.75. The van der Waals surface area contributed by atoms with Gasteiger partial charge >= 0.3 is 0 Å². The highest BCUT2D eigenvalue weighted by Crippen LogP contribution is 2.22. The van der Waals surface area contributed by atoms with Gasteiger partial charge in [-0.15, -0.1) is 0 Å². The lowest BCUT2D eigenvalue weighted by Gasteiger charge is -2.26. The van der Waals surface area contributed by atoms with Gasteiger partial charge in [-0.3, -0.25) is 4.79 Å². The highest BCUT2D eigenvalue weighted by atomic mass is 19.1. The summed E-state index contributed by atoms with van der Waals surface area (Å²) in [6, 6.07) is 13.5. The van der Waals surface area contributed by atoms with E-state index in [9.17, 15) is 9.18 Å². The molecule has 23 heavy (non-hydrogen) atoms. The standard InChI is InChI=1S/C18H17FN2O2/c1-18(2,12-7-9-13(19)10-8-12)20-17(22)11-15-14-5-3-4-6-16(14)23-21-15/h3-10H,11H2,1-2H3,(H,20,22). The van der Waals surface area contributed by atoms with E-state index in [0.717, 1.165) is 10.9 Å². The van der Waals surface area contributed by atoms with E-state index in [1.54, 1.807) is 12.1 Å². The zero-order valence-electron chi connectivity index (χ0n) is 13.0. The summed E-state index contributed by atoms with van der Waals surface area (Å²) in [5.41, 5.74) is 1.49. The summed E-state index contributed by atoms with van der Waals surface area (Å²) in [5.74, 6) is -0.469. The van der Waals surface area contributed by atoms with Gasteiger partial charge in [-0.2, -0.15) is 0 Å². The van der Waals surface area contributed by atoms with Crippen LogP contribution in [-0.4, -0.2) is 11.1 Å². The van der Waals surface area contributed by atoms with E-state index in [0.29, 0.717) is 11.3 Å².